The maximum atomic E-state index is 13.9. The van der Waals surface area contributed by atoms with Crippen molar-refractivity contribution in [3.8, 4) is 0 Å². The number of para-hydroxylation sites is 1. The first kappa shape index (κ1) is 19.6. The Kier molecular flexibility index (Phi) is 6.29. The summed E-state index contributed by atoms with van der Waals surface area (Å²) in [6.07, 6.45) is 2.76. The van der Waals surface area contributed by atoms with Crippen molar-refractivity contribution in [3.63, 3.8) is 0 Å². The van der Waals surface area contributed by atoms with Crippen molar-refractivity contribution in [2.24, 2.45) is 0 Å². The number of aromatic nitrogens is 1. The summed E-state index contributed by atoms with van der Waals surface area (Å²) >= 11 is 0. The third-order valence-corrected chi connectivity index (χ3v) is 4.89. The Morgan fingerprint density at radius 2 is 2.26 bits per heavy atom. The van der Waals surface area contributed by atoms with Crippen molar-refractivity contribution in [1.82, 2.24) is 10.3 Å². The van der Waals surface area contributed by atoms with Crippen molar-refractivity contribution in [1.29, 1.82) is 0 Å². The van der Waals surface area contributed by atoms with Gasteiger partial charge in [-0.25, -0.2) is 4.39 Å². The summed E-state index contributed by atoms with van der Waals surface area (Å²) in [6.45, 7) is 7.48. The molecule has 2 aromatic rings. The SMILES string of the molecule is CC(C)=CCO[C@@H]1COCC[C@H]1NC(=O)Cc1c(C)[nH]c2c(F)cccc12. The molecule has 1 fully saturated rings. The first-order chi connectivity index (χ1) is 13.0. The number of rotatable bonds is 6. The Morgan fingerprint density at radius 1 is 1.44 bits per heavy atom. The number of ether oxygens (including phenoxy) is 2. The number of aromatic amines is 1. The minimum absolute atomic E-state index is 0.0842. The summed E-state index contributed by atoms with van der Waals surface area (Å²) in [5.74, 6) is -0.398. The Balaban J connectivity index is 1.67. The van der Waals surface area contributed by atoms with E-state index >= 15 is 0 Å². The molecule has 0 bridgehead atoms. The van der Waals surface area contributed by atoms with Gasteiger partial charge in [0.15, 0.2) is 0 Å². The number of H-pyrrole nitrogens is 1. The number of carbonyl (C=O) groups excluding carboxylic acids is 1. The lowest BCUT2D eigenvalue weighted by Gasteiger charge is -2.32. The topological polar surface area (TPSA) is 63.4 Å². The van der Waals surface area contributed by atoms with Crippen molar-refractivity contribution in [2.45, 2.75) is 45.8 Å². The number of fused-ring (bicyclic) bond motifs is 1. The lowest BCUT2D eigenvalue weighted by Crippen LogP contribution is -2.50. The number of nitrogens with one attached hydrogen (secondary N) is 2. The molecule has 2 atom stereocenters. The van der Waals surface area contributed by atoms with Crippen molar-refractivity contribution in [3.05, 3.63) is 46.9 Å². The molecule has 2 N–H and O–H groups in total. The van der Waals surface area contributed by atoms with Crippen molar-refractivity contribution < 1.29 is 18.7 Å². The summed E-state index contributed by atoms with van der Waals surface area (Å²) in [5, 5.41) is 3.84. The summed E-state index contributed by atoms with van der Waals surface area (Å²) in [5.41, 5.74) is 3.28. The first-order valence-corrected chi connectivity index (χ1v) is 9.33. The molecule has 1 aliphatic rings. The van der Waals surface area contributed by atoms with Gasteiger partial charge in [0.05, 0.1) is 31.2 Å². The molecule has 2 heterocycles. The molecular formula is C21H27FN2O3. The van der Waals surface area contributed by atoms with E-state index in [2.05, 4.69) is 10.3 Å². The Hall–Kier alpha value is -2.18. The van der Waals surface area contributed by atoms with Crippen molar-refractivity contribution >= 4 is 16.8 Å². The van der Waals surface area contributed by atoms with E-state index in [0.717, 1.165) is 16.6 Å². The van der Waals surface area contributed by atoms with Crippen LogP contribution in [0.1, 0.15) is 31.5 Å². The van der Waals surface area contributed by atoms with Crippen LogP contribution in [-0.4, -0.2) is 42.9 Å². The zero-order chi connectivity index (χ0) is 19.4. The maximum absolute atomic E-state index is 13.9. The average molecular weight is 374 g/mol. The van der Waals surface area contributed by atoms with E-state index in [4.69, 9.17) is 9.47 Å². The molecule has 1 aromatic carbocycles. The number of halogens is 1. The van der Waals surface area contributed by atoms with Crippen LogP contribution in [0.3, 0.4) is 0 Å². The lowest BCUT2D eigenvalue weighted by atomic mass is 10.0. The van der Waals surface area contributed by atoms with Gasteiger partial charge in [0.2, 0.25) is 5.91 Å². The van der Waals surface area contributed by atoms with Crippen LogP contribution in [0.4, 0.5) is 4.39 Å². The minimum Gasteiger partial charge on any atom is -0.379 e. The molecule has 146 valence electrons. The van der Waals surface area contributed by atoms with Gasteiger partial charge in [-0.05, 0) is 38.8 Å². The quantitative estimate of drug-likeness (QED) is 0.762. The van der Waals surface area contributed by atoms with E-state index in [9.17, 15) is 9.18 Å². The fraction of sp³-hybridized carbons (Fsp3) is 0.476. The summed E-state index contributed by atoms with van der Waals surface area (Å²) in [7, 11) is 0. The maximum Gasteiger partial charge on any atom is 0.224 e. The van der Waals surface area contributed by atoms with E-state index in [1.54, 1.807) is 6.07 Å². The molecule has 1 aliphatic heterocycles. The Bertz CT molecular complexity index is 839. The molecule has 0 unspecified atom stereocenters. The van der Waals surface area contributed by atoms with Crippen LogP contribution in [0.15, 0.2) is 29.8 Å². The smallest absolute Gasteiger partial charge is 0.224 e. The van der Waals surface area contributed by atoms with Gasteiger partial charge in [-0.1, -0.05) is 23.8 Å². The van der Waals surface area contributed by atoms with E-state index in [1.807, 2.05) is 32.9 Å². The Labute approximate surface area is 158 Å². The number of amides is 1. The molecule has 3 rings (SSSR count). The number of hydrogen-bond donors (Lipinski definition) is 2. The predicted octanol–water partition coefficient (Wildman–Crippen LogP) is 3.41. The highest BCUT2D eigenvalue weighted by molar-refractivity contribution is 5.90. The van der Waals surface area contributed by atoms with Crippen LogP contribution in [0.25, 0.3) is 10.9 Å². The molecule has 1 amide bonds. The summed E-state index contributed by atoms with van der Waals surface area (Å²) in [6, 6.07) is 4.83. The largest absolute Gasteiger partial charge is 0.379 e. The third-order valence-electron chi connectivity index (χ3n) is 4.89. The second-order valence-electron chi connectivity index (χ2n) is 7.26. The van der Waals surface area contributed by atoms with Crippen LogP contribution < -0.4 is 5.32 Å². The fourth-order valence-electron chi connectivity index (χ4n) is 3.39. The summed E-state index contributed by atoms with van der Waals surface area (Å²) in [4.78, 5) is 15.7. The van der Waals surface area contributed by atoms with E-state index < -0.39 is 0 Å². The molecule has 1 aromatic heterocycles. The molecular weight excluding hydrogens is 347 g/mol. The minimum atomic E-state index is -0.306. The molecule has 0 saturated carbocycles. The van der Waals surface area contributed by atoms with Crippen LogP contribution in [-0.2, 0) is 20.7 Å². The van der Waals surface area contributed by atoms with Gasteiger partial charge in [-0.15, -0.1) is 0 Å². The molecule has 0 radical (unpaired) electrons. The molecule has 0 aliphatic carbocycles. The number of hydrogen-bond acceptors (Lipinski definition) is 3. The van der Waals surface area contributed by atoms with E-state index in [0.29, 0.717) is 31.8 Å². The van der Waals surface area contributed by atoms with Gasteiger partial charge in [0, 0.05) is 17.7 Å². The zero-order valence-corrected chi connectivity index (χ0v) is 16.1. The van der Waals surface area contributed by atoms with Gasteiger partial charge >= 0.3 is 0 Å². The van der Waals surface area contributed by atoms with Crippen LogP contribution >= 0.6 is 0 Å². The molecule has 6 heteroatoms. The highest BCUT2D eigenvalue weighted by Crippen LogP contribution is 2.25. The first-order valence-electron chi connectivity index (χ1n) is 9.33. The zero-order valence-electron chi connectivity index (χ0n) is 16.1. The normalized spacial score (nSPS) is 19.9. The number of allylic oxidation sites excluding steroid dienone is 1. The predicted molar refractivity (Wildman–Crippen MR) is 103 cm³/mol. The highest BCUT2D eigenvalue weighted by Gasteiger charge is 2.28. The number of carbonyl (C=O) groups is 1. The monoisotopic (exact) mass is 374 g/mol. The lowest BCUT2D eigenvalue weighted by molar-refractivity contribution is -0.125. The van der Waals surface area contributed by atoms with Crippen molar-refractivity contribution in [2.75, 3.05) is 19.8 Å². The van der Waals surface area contributed by atoms with Gasteiger partial charge in [-0.2, -0.15) is 0 Å². The van der Waals surface area contributed by atoms with Gasteiger partial charge in [-0.3, -0.25) is 4.79 Å². The number of aryl methyl sites for hydroxylation is 1. The van der Waals surface area contributed by atoms with Crippen LogP contribution in [0.5, 0.6) is 0 Å². The average Bonchev–Trinajstić information content (AvgIpc) is 2.93. The van der Waals surface area contributed by atoms with Crippen LogP contribution in [0.2, 0.25) is 0 Å². The molecule has 0 spiro atoms. The second kappa shape index (κ2) is 8.67. The molecule has 1 saturated heterocycles. The summed E-state index contributed by atoms with van der Waals surface area (Å²) < 4.78 is 25.3. The van der Waals surface area contributed by atoms with Gasteiger partial charge < -0.3 is 19.8 Å². The van der Waals surface area contributed by atoms with E-state index in [-0.39, 0.29) is 30.3 Å². The van der Waals surface area contributed by atoms with Crippen LogP contribution in [0, 0.1) is 12.7 Å². The van der Waals surface area contributed by atoms with Gasteiger partial charge in [0.25, 0.3) is 0 Å². The third kappa shape index (κ3) is 4.76. The number of benzene rings is 1. The van der Waals surface area contributed by atoms with Gasteiger partial charge in [0.1, 0.15) is 11.9 Å². The Morgan fingerprint density at radius 3 is 3.04 bits per heavy atom. The fourth-order valence-corrected chi connectivity index (χ4v) is 3.39. The second-order valence-corrected chi connectivity index (χ2v) is 7.26. The molecule has 27 heavy (non-hydrogen) atoms. The molecule has 5 nitrogen and oxygen atoms in total. The van der Waals surface area contributed by atoms with E-state index in [1.165, 1.54) is 11.6 Å². The highest BCUT2D eigenvalue weighted by atomic mass is 19.1. The standard InChI is InChI=1S/C21H27FN2O3/c1-13(2)7-10-27-19-12-26-9-8-18(19)24-20(25)11-16-14(3)23-21-15(16)5-4-6-17(21)22/h4-7,18-19,23H,8-12H2,1-3H3,(H,24,25)/t18-,19-/m1/s1.